The van der Waals surface area contributed by atoms with Gasteiger partial charge in [0.25, 0.3) is 0 Å². The summed E-state index contributed by atoms with van der Waals surface area (Å²) in [6.45, 7) is 3.64. The Balaban J connectivity index is 3.00. The third kappa shape index (κ3) is 1.94. The molecular weight excluding hydrogens is 150 g/mol. The fourth-order valence-corrected chi connectivity index (χ4v) is 0.969. The predicted molar refractivity (Wildman–Crippen MR) is 53.5 cm³/mol. The van der Waals surface area contributed by atoms with Crippen LogP contribution in [0.4, 0.5) is 5.69 Å². The molecule has 0 aliphatic heterocycles. The Bertz CT molecular complexity index is 269. The van der Waals surface area contributed by atoms with Crippen LogP contribution in [-0.4, -0.2) is 14.1 Å². The van der Waals surface area contributed by atoms with Crippen LogP contribution in [0.15, 0.2) is 30.8 Å². The first-order valence-electron chi connectivity index (χ1n) is 3.82. The zero-order valence-electron chi connectivity index (χ0n) is 7.45. The quantitative estimate of drug-likeness (QED) is 0.485. The highest BCUT2D eigenvalue weighted by Crippen LogP contribution is 2.17. The highest BCUT2D eigenvalue weighted by Gasteiger charge is 2.05. The lowest BCUT2D eigenvalue weighted by molar-refractivity contribution is 0.543. The Morgan fingerprint density at radius 3 is 2.08 bits per heavy atom. The largest absolute Gasteiger partial charge is 0.628 e. The first-order chi connectivity index (χ1) is 5.54. The smallest absolute Gasteiger partial charge is 0.132 e. The van der Waals surface area contributed by atoms with Gasteiger partial charge in [-0.3, -0.25) is 0 Å². The minimum absolute atomic E-state index is 0.391. The molecule has 0 spiro atoms. The topological polar surface area (TPSA) is 23.1 Å². The van der Waals surface area contributed by atoms with Crippen molar-refractivity contribution in [2.45, 2.75) is 0 Å². The van der Waals surface area contributed by atoms with E-state index < -0.39 is 4.65 Å². The normalized spacial score (nSPS) is 11.2. The van der Waals surface area contributed by atoms with Crippen LogP contribution in [0.3, 0.4) is 0 Å². The maximum atomic E-state index is 11.4. The maximum absolute atomic E-state index is 11.4. The van der Waals surface area contributed by atoms with E-state index in [1.54, 1.807) is 20.2 Å². The van der Waals surface area contributed by atoms with Gasteiger partial charge in [-0.25, -0.2) is 0 Å². The summed E-state index contributed by atoms with van der Waals surface area (Å²) in [6.07, 6.45) is 1.76. The molecule has 2 heteroatoms. The van der Waals surface area contributed by atoms with Gasteiger partial charge in [0.2, 0.25) is 0 Å². The minimum atomic E-state index is -0.391. The van der Waals surface area contributed by atoms with Crippen molar-refractivity contribution in [1.29, 1.82) is 0 Å². The lowest BCUT2D eigenvalue weighted by Gasteiger charge is -2.33. The second-order valence-corrected chi connectivity index (χ2v) is 3.15. The summed E-state index contributed by atoms with van der Waals surface area (Å²) in [5, 5.41) is 11.4. The van der Waals surface area contributed by atoms with Gasteiger partial charge in [0.15, 0.2) is 0 Å². The van der Waals surface area contributed by atoms with Crippen LogP contribution in [0.5, 0.6) is 0 Å². The molecule has 1 rings (SSSR count). The molecule has 0 fully saturated rings. The van der Waals surface area contributed by atoms with Gasteiger partial charge in [-0.15, -0.1) is 0 Å². The molecule has 0 saturated carbocycles. The van der Waals surface area contributed by atoms with Gasteiger partial charge < -0.3 is 9.85 Å². The lowest BCUT2D eigenvalue weighted by Crippen LogP contribution is -2.32. The summed E-state index contributed by atoms with van der Waals surface area (Å²) in [5.41, 5.74) is 1.79. The number of quaternary nitrogens is 1. The van der Waals surface area contributed by atoms with Crippen LogP contribution in [-0.2, 0) is 0 Å². The van der Waals surface area contributed by atoms with Gasteiger partial charge in [-0.1, -0.05) is 12.7 Å². The van der Waals surface area contributed by atoms with Gasteiger partial charge in [0.05, 0.1) is 14.1 Å². The molecule has 0 radical (unpaired) electrons. The summed E-state index contributed by atoms with van der Waals surface area (Å²) in [5.74, 6) is 0. The zero-order valence-corrected chi connectivity index (χ0v) is 7.45. The Morgan fingerprint density at radius 2 is 1.75 bits per heavy atom. The summed E-state index contributed by atoms with van der Waals surface area (Å²) in [6, 6.07) is 7.43. The van der Waals surface area contributed by atoms with E-state index >= 15 is 0 Å². The average Bonchev–Trinajstić information content (AvgIpc) is 2.03. The van der Waals surface area contributed by atoms with E-state index in [4.69, 9.17) is 0 Å². The van der Waals surface area contributed by atoms with E-state index in [9.17, 15) is 5.21 Å². The second kappa shape index (κ2) is 3.09. The van der Waals surface area contributed by atoms with E-state index in [-0.39, 0.29) is 0 Å². The highest BCUT2D eigenvalue weighted by atomic mass is 16.5. The Hall–Kier alpha value is -1.12. The van der Waals surface area contributed by atoms with Crippen molar-refractivity contribution >= 4 is 11.8 Å². The van der Waals surface area contributed by atoms with Crippen molar-refractivity contribution in [1.82, 2.24) is 4.65 Å². The molecule has 0 aliphatic carbocycles. The van der Waals surface area contributed by atoms with Gasteiger partial charge >= 0.3 is 0 Å². The Morgan fingerprint density at radius 1 is 1.25 bits per heavy atom. The third-order valence-corrected chi connectivity index (χ3v) is 1.75. The van der Waals surface area contributed by atoms with Crippen molar-refractivity contribution in [3.05, 3.63) is 41.6 Å². The fraction of sp³-hybridized carbons (Fsp3) is 0.200. The maximum Gasteiger partial charge on any atom is 0.132 e. The van der Waals surface area contributed by atoms with Crippen molar-refractivity contribution in [2.24, 2.45) is 0 Å². The van der Waals surface area contributed by atoms with Crippen LogP contribution in [0, 0.1) is 5.21 Å². The number of hydrogen-bond donors (Lipinski definition) is 0. The molecule has 0 N–H and O–H groups in total. The summed E-state index contributed by atoms with van der Waals surface area (Å²) in [4.78, 5) is 0. The first kappa shape index (κ1) is 8.97. The molecule has 0 aliphatic rings. The van der Waals surface area contributed by atoms with Crippen molar-refractivity contribution < 1.29 is 0 Å². The van der Waals surface area contributed by atoms with Gasteiger partial charge in [0.1, 0.15) is 5.69 Å². The standard InChI is InChI=1S/C10H13NO/c1-4-9-5-7-10(8-6-9)11(2,3)12/h4-8H,1H2,2-3H3. The van der Waals surface area contributed by atoms with Crippen LogP contribution in [0.25, 0.3) is 6.08 Å². The van der Waals surface area contributed by atoms with Crippen LogP contribution in [0.2, 0.25) is 0 Å². The van der Waals surface area contributed by atoms with Gasteiger partial charge in [0, 0.05) is 0 Å². The number of hydroxylamine groups is 2. The first-order valence-corrected chi connectivity index (χ1v) is 3.82. The molecule has 1 aromatic carbocycles. The van der Waals surface area contributed by atoms with Gasteiger partial charge in [-0.05, 0) is 29.8 Å². The number of nitrogens with zero attached hydrogens (tertiary/aromatic N) is 1. The molecule has 1 aromatic rings. The molecule has 0 bridgehead atoms. The van der Waals surface area contributed by atoms with Crippen molar-refractivity contribution in [2.75, 3.05) is 14.1 Å². The van der Waals surface area contributed by atoms with E-state index in [1.807, 2.05) is 24.3 Å². The molecule has 0 atom stereocenters. The van der Waals surface area contributed by atoms with Gasteiger partial charge in [-0.2, -0.15) is 0 Å². The van der Waals surface area contributed by atoms with Crippen LogP contribution < -0.4 is 4.65 Å². The monoisotopic (exact) mass is 163 g/mol. The Kier molecular flexibility index (Phi) is 2.31. The molecular formula is C10H13NO. The fourth-order valence-electron chi connectivity index (χ4n) is 0.969. The van der Waals surface area contributed by atoms with Crippen LogP contribution in [0.1, 0.15) is 5.56 Å². The zero-order chi connectivity index (χ0) is 9.19. The number of benzene rings is 1. The predicted octanol–water partition coefficient (Wildman–Crippen LogP) is 2.39. The van der Waals surface area contributed by atoms with E-state index in [1.165, 1.54) is 0 Å². The van der Waals surface area contributed by atoms with E-state index in [2.05, 4.69) is 6.58 Å². The summed E-state index contributed by atoms with van der Waals surface area (Å²) >= 11 is 0. The molecule has 12 heavy (non-hydrogen) atoms. The number of rotatable bonds is 2. The molecule has 0 aromatic heterocycles. The number of hydrogen-bond acceptors (Lipinski definition) is 1. The molecule has 0 heterocycles. The summed E-state index contributed by atoms with van der Waals surface area (Å²) in [7, 11) is 3.20. The van der Waals surface area contributed by atoms with E-state index in [0.717, 1.165) is 11.3 Å². The molecule has 0 saturated heterocycles. The van der Waals surface area contributed by atoms with Crippen molar-refractivity contribution in [3.63, 3.8) is 0 Å². The third-order valence-electron chi connectivity index (χ3n) is 1.75. The SMILES string of the molecule is C=Cc1ccc([N+](C)(C)[O-])cc1. The van der Waals surface area contributed by atoms with E-state index in [0.29, 0.717) is 0 Å². The second-order valence-electron chi connectivity index (χ2n) is 3.15. The molecule has 64 valence electrons. The van der Waals surface area contributed by atoms with Crippen LogP contribution >= 0.6 is 0 Å². The minimum Gasteiger partial charge on any atom is -0.628 e. The molecule has 2 nitrogen and oxygen atoms in total. The molecule has 0 unspecified atom stereocenters. The van der Waals surface area contributed by atoms with Crippen molar-refractivity contribution in [3.8, 4) is 0 Å². The Labute approximate surface area is 72.9 Å². The highest BCUT2D eigenvalue weighted by molar-refractivity contribution is 5.53. The lowest BCUT2D eigenvalue weighted by atomic mass is 10.2. The summed E-state index contributed by atoms with van der Waals surface area (Å²) < 4.78 is -0.391. The molecule has 0 amide bonds. The average molecular weight is 163 g/mol.